The summed E-state index contributed by atoms with van der Waals surface area (Å²) in [5.74, 6) is 3.09. The second-order valence-electron chi connectivity index (χ2n) is 7.15. The molecule has 1 aromatic carbocycles. The quantitative estimate of drug-likeness (QED) is 0.891. The van der Waals surface area contributed by atoms with Crippen LogP contribution in [0.15, 0.2) is 30.3 Å². The number of aromatic nitrogens is 2. The van der Waals surface area contributed by atoms with E-state index in [-0.39, 0.29) is 0 Å². The van der Waals surface area contributed by atoms with E-state index in [0.717, 1.165) is 34.5 Å². The van der Waals surface area contributed by atoms with Gasteiger partial charge >= 0.3 is 0 Å². The number of ether oxygens (including phenoxy) is 2. The monoisotopic (exact) mass is 354 g/mol. The molecule has 2 bridgehead atoms. The van der Waals surface area contributed by atoms with Crippen molar-refractivity contribution in [3.05, 3.63) is 30.3 Å². The molecule has 0 aliphatic carbocycles. The molecule has 3 fully saturated rings. The summed E-state index contributed by atoms with van der Waals surface area (Å²) in [7, 11) is 3.31. The zero-order valence-electron chi connectivity index (χ0n) is 15.6. The lowest BCUT2D eigenvalue weighted by Gasteiger charge is -2.50. The summed E-state index contributed by atoms with van der Waals surface area (Å²) in [6, 6.07) is 10.7. The highest BCUT2D eigenvalue weighted by Crippen LogP contribution is 2.35. The minimum absolute atomic E-state index is 0.448. The summed E-state index contributed by atoms with van der Waals surface area (Å²) in [4.78, 5) is 2.57. The summed E-state index contributed by atoms with van der Waals surface area (Å²) >= 11 is 0. The Morgan fingerprint density at radius 3 is 2.46 bits per heavy atom. The third kappa shape index (κ3) is 3.09. The Bertz CT molecular complexity index is 755. The van der Waals surface area contributed by atoms with E-state index in [0.29, 0.717) is 12.1 Å². The summed E-state index contributed by atoms with van der Waals surface area (Å²) in [6.45, 7) is 4.76. The van der Waals surface area contributed by atoms with E-state index in [2.05, 4.69) is 27.3 Å². The Morgan fingerprint density at radius 2 is 1.85 bits per heavy atom. The van der Waals surface area contributed by atoms with Gasteiger partial charge in [0, 0.05) is 17.6 Å². The molecule has 0 radical (unpaired) electrons. The Morgan fingerprint density at radius 1 is 1.04 bits per heavy atom. The molecule has 1 N–H and O–H groups in total. The van der Waals surface area contributed by atoms with Crippen LogP contribution in [0.3, 0.4) is 0 Å². The number of nitrogens with zero attached hydrogens (tertiary/aromatic N) is 3. The van der Waals surface area contributed by atoms with Gasteiger partial charge in [-0.15, -0.1) is 10.2 Å². The number of fused-ring (bicyclic) bond motifs is 3. The van der Waals surface area contributed by atoms with E-state index < -0.39 is 0 Å². The number of rotatable bonds is 5. The van der Waals surface area contributed by atoms with Gasteiger partial charge in [-0.05, 0) is 69.1 Å². The van der Waals surface area contributed by atoms with Crippen LogP contribution in [0.5, 0.6) is 11.5 Å². The van der Waals surface area contributed by atoms with Crippen molar-refractivity contribution in [3.8, 4) is 22.8 Å². The lowest BCUT2D eigenvalue weighted by Crippen LogP contribution is -2.59. The second kappa shape index (κ2) is 7.11. The smallest absolute Gasteiger partial charge is 0.148 e. The average molecular weight is 354 g/mol. The SMILES string of the molecule is COc1ccc(OC)c(-c2ccc(NC3C4CCN(CC4)C3C)nn2)c1. The molecule has 0 saturated carbocycles. The van der Waals surface area contributed by atoms with E-state index in [1.165, 1.54) is 25.9 Å². The Kier molecular flexibility index (Phi) is 4.68. The zero-order valence-corrected chi connectivity index (χ0v) is 15.6. The first-order valence-corrected chi connectivity index (χ1v) is 9.26. The van der Waals surface area contributed by atoms with Gasteiger partial charge in [0.05, 0.1) is 19.9 Å². The molecule has 2 aromatic rings. The molecule has 3 saturated heterocycles. The van der Waals surface area contributed by atoms with Crippen LogP contribution < -0.4 is 14.8 Å². The third-order valence-electron chi connectivity index (χ3n) is 5.84. The number of anilines is 1. The van der Waals surface area contributed by atoms with Crippen molar-refractivity contribution >= 4 is 5.82 Å². The van der Waals surface area contributed by atoms with E-state index >= 15 is 0 Å². The number of nitrogens with one attached hydrogen (secondary N) is 1. The first-order chi connectivity index (χ1) is 12.7. The maximum Gasteiger partial charge on any atom is 0.148 e. The lowest BCUT2D eigenvalue weighted by molar-refractivity contribution is 0.0457. The van der Waals surface area contributed by atoms with Crippen molar-refractivity contribution in [2.75, 3.05) is 32.6 Å². The Labute approximate surface area is 154 Å². The number of benzene rings is 1. The normalized spacial score (nSPS) is 27.2. The van der Waals surface area contributed by atoms with Crippen LogP contribution in [0.1, 0.15) is 19.8 Å². The fourth-order valence-corrected chi connectivity index (χ4v) is 4.28. The summed E-state index contributed by atoms with van der Waals surface area (Å²) in [5, 5.41) is 12.5. The molecule has 5 rings (SSSR count). The third-order valence-corrected chi connectivity index (χ3v) is 5.84. The van der Waals surface area contributed by atoms with E-state index in [1.54, 1.807) is 14.2 Å². The molecule has 6 heteroatoms. The van der Waals surface area contributed by atoms with Gasteiger partial charge < -0.3 is 14.8 Å². The van der Waals surface area contributed by atoms with Gasteiger partial charge in [-0.25, -0.2) is 0 Å². The standard InChI is InChI=1S/C20H26N4O2/c1-13-20(14-8-10-24(13)11-9-14)21-19-7-5-17(22-23-19)16-12-15(25-2)4-6-18(16)26-3/h4-7,12-14,20H,8-11H2,1-3H3,(H,21,23). The Hall–Kier alpha value is -2.34. The van der Waals surface area contributed by atoms with Gasteiger partial charge in [0.2, 0.25) is 0 Å². The molecular weight excluding hydrogens is 328 g/mol. The molecule has 0 amide bonds. The molecule has 4 heterocycles. The minimum Gasteiger partial charge on any atom is -0.497 e. The molecule has 26 heavy (non-hydrogen) atoms. The molecule has 3 aliphatic heterocycles. The van der Waals surface area contributed by atoms with E-state index in [9.17, 15) is 0 Å². The highest BCUT2D eigenvalue weighted by atomic mass is 16.5. The van der Waals surface area contributed by atoms with Gasteiger partial charge in [-0.1, -0.05) is 0 Å². The van der Waals surface area contributed by atoms with Crippen LogP contribution in [0.2, 0.25) is 0 Å². The lowest BCUT2D eigenvalue weighted by atomic mass is 9.79. The van der Waals surface area contributed by atoms with Crippen LogP contribution in [0, 0.1) is 5.92 Å². The van der Waals surface area contributed by atoms with Crippen LogP contribution in [0.25, 0.3) is 11.3 Å². The van der Waals surface area contributed by atoms with E-state index in [4.69, 9.17) is 9.47 Å². The largest absolute Gasteiger partial charge is 0.497 e. The first kappa shape index (κ1) is 17.1. The van der Waals surface area contributed by atoms with Gasteiger partial charge in [0.1, 0.15) is 17.3 Å². The molecule has 2 atom stereocenters. The number of piperidine rings is 3. The van der Waals surface area contributed by atoms with Crippen LogP contribution in [-0.2, 0) is 0 Å². The predicted octanol–water partition coefficient (Wildman–Crippen LogP) is 3.06. The zero-order chi connectivity index (χ0) is 18.1. The van der Waals surface area contributed by atoms with E-state index in [1.807, 2.05) is 30.3 Å². The van der Waals surface area contributed by atoms with Gasteiger partial charge in [-0.3, -0.25) is 4.90 Å². The summed E-state index contributed by atoms with van der Waals surface area (Å²) in [5.41, 5.74) is 1.65. The van der Waals surface area contributed by atoms with Gasteiger partial charge in [0.15, 0.2) is 0 Å². The maximum absolute atomic E-state index is 5.45. The van der Waals surface area contributed by atoms with Crippen molar-refractivity contribution < 1.29 is 9.47 Å². The highest BCUT2D eigenvalue weighted by molar-refractivity contribution is 5.69. The fraction of sp³-hybridized carbons (Fsp3) is 0.500. The van der Waals surface area contributed by atoms with Gasteiger partial charge in [-0.2, -0.15) is 0 Å². The number of methoxy groups -OCH3 is 2. The van der Waals surface area contributed by atoms with Crippen molar-refractivity contribution in [3.63, 3.8) is 0 Å². The van der Waals surface area contributed by atoms with Crippen molar-refractivity contribution in [1.29, 1.82) is 0 Å². The first-order valence-electron chi connectivity index (χ1n) is 9.26. The number of hydrogen-bond acceptors (Lipinski definition) is 6. The molecule has 3 aliphatic rings. The average Bonchev–Trinajstić information content (AvgIpc) is 2.71. The van der Waals surface area contributed by atoms with Crippen LogP contribution in [0.4, 0.5) is 5.82 Å². The molecule has 1 aromatic heterocycles. The Balaban J connectivity index is 1.54. The fourth-order valence-electron chi connectivity index (χ4n) is 4.28. The number of hydrogen-bond donors (Lipinski definition) is 1. The molecule has 0 spiro atoms. The molecule has 2 unspecified atom stereocenters. The van der Waals surface area contributed by atoms with Crippen LogP contribution in [-0.4, -0.2) is 54.5 Å². The summed E-state index contributed by atoms with van der Waals surface area (Å²) in [6.07, 6.45) is 2.54. The molecule has 138 valence electrons. The van der Waals surface area contributed by atoms with Crippen LogP contribution >= 0.6 is 0 Å². The molecule has 6 nitrogen and oxygen atoms in total. The van der Waals surface area contributed by atoms with Gasteiger partial charge in [0.25, 0.3) is 0 Å². The second-order valence-corrected chi connectivity index (χ2v) is 7.15. The summed E-state index contributed by atoms with van der Waals surface area (Å²) < 4.78 is 10.8. The topological polar surface area (TPSA) is 59.5 Å². The maximum atomic E-state index is 5.45. The predicted molar refractivity (Wildman–Crippen MR) is 102 cm³/mol. The van der Waals surface area contributed by atoms with Crippen molar-refractivity contribution in [2.24, 2.45) is 5.92 Å². The van der Waals surface area contributed by atoms with Crippen molar-refractivity contribution in [1.82, 2.24) is 15.1 Å². The molecular formula is C20H26N4O2. The minimum atomic E-state index is 0.448. The van der Waals surface area contributed by atoms with Crippen molar-refractivity contribution in [2.45, 2.75) is 31.8 Å². The highest BCUT2D eigenvalue weighted by Gasteiger charge is 2.39.